The molecule has 4 rings (SSSR count). The molecule has 7 heteroatoms. The smallest absolute Gasteiger partial charge is 0.205 e. The van der Waals surface area contributed by atoms with Gasteiger partial charge in [0.1, 0.15) is 17.4 Å². The molecule has 3 aromatic carbocycles. The first-order valence-corrected chi connectivity index (χ1v) is 10.1. The molecule has 3 aromatic rings. The highest BCUT2D eigenvalue weighted by molar-refractivity contribution is 8.08. The maximum atomic E-state index is 13.2. The lowest BCUT2D eigenvalue weighted by Crippen LogP contribution is -2.19. The summed E-state index contributed by atoms with van der Waals surface area (Å²) in [5.74, 6) is -2.00. The zero-order valence-corrected chi connectivity index (χ0v) is 16.3. The highest BCUT2D eigenvalue weighted by Crippen LogP contribution is 2.45. The third kappa shape index (κ3) is 3.83. The molecule has 1 aliphatic carbocycles. The predicted octanol–water partition coefficient (Wildman–Crippen LogP) is 5.85. The molecular formula is C22H12F2O3S2. The monoisotopic (exact) mass is 426 g/mol. The van der Waals surface area contributed by atoms with Crippen molar-refractivity contribution in [2.24, 2.45) is 0 Å². The second kappa shape index (κ2) is 7.85. The number of rotatable bonds is 4. The Balaban J connectivity index is 1.83. The van der Waals surface area contributed by atoms with Gasteiger partial charge in [0.2, 0.25) is 11.6 Å². The lowest BCUT2D eigenvalue weighted by Gasteiger charge is -2.21. The minimum atomic E-state index is -0.489. The molecule has 0 atom stereocenters. The second-order valence-corrected chi connectivity index (χ2v) is 8.30. The summed E-state index contributed by atoms with van der Waals surface area (Å²) in [5.41, 5.74) is 0.0636. The van der Waals surface area contributed by atoms with Crippen LogP contribution in [0, 0.1) is 11.6 Å². The molecule has 29 heavy (non-hydrogen) atoms. The number of thioether (sulfide) groups is 2. The Morgan fingerprint density at radius 1 is 0.655 bits per heavy atom. The molecule has 0 fully saturated rings. The summed E-state index contributed by atoms with van der Waals surface area (Å²) in [5, 5.41) is 10.2. The van der Waals surface area contributed by atoms with Crippen LogP contribution in [0.1, 0.15) is 20.7 Å². The maximum absolute atomic E-state index is 13.2. The van der Waals surface area contributed by atoms with Crippen LogP contribution in [0.25, 0.3) is 0 Å². The largest absolute Gasteiger partial charge is 0.507 e. The maximum Gasteiger partial charge on any atom is 0.205 e. The number of phenolic OH excluding ortho intramolecular Hbond substituents is 1. The Kier molecular flexibility index (Phi) is 5.25. The van der Waals surface area contributed by atoms with Gasteiger partial charge in [0, 0.05) is 15.4 Å². The van der Waals surface area contributed by atoms with Crippen LogP contribution in [0.2, 0.25) is 0 Å². The molecule has 1 aliphatic rings. The highest BCUT2D eigenvalue weighted by Gasteiger charge is 2.35. The highest BCUT2D eigenvalue weighted by atomic mass is 32.2. The number of carbonyl (C=O) groups excluding carboxylic acids is 2. The summed E-state index contributed by atoms with van der Waals surface area (Å²) in [6, 6.07) is 15.4. The third-order valence-corrected chi connectivity index (χ3v) is 6.53. The average Bonchev–Trinajstić information content (AvgIpc) is 2.71. The van der Waals surface area contributed by atoms with Crippen molar-refractivity contribution in [3.8, 4) is 5.75 Å². The normalized spacial score (nSPS) is 13.6. The van der Waals surface area contributed by atoms with Crippen LogP contribution in [-0.2, 0) is 0 Å². The molecule has 0 aliphatic heterocycles. The van der Waals surface area contributed by atoms with Gasteiger partial charge in [-0.25, -0.2) is 8.78 Å². The van der Waals surface area contributed by atoms with Crippen LogP contribution >= 0.6 is 23.5 Å². The molecule has 0 saturated heterocycles. The van der Waals surface area contributed by atoms with Crippen LogP contribution in [-0.4, -0.2) is 16.7 Å². The van der Waals surface area contributed by atoms with Crippen LogP contribution in [0.15, 0.2) is 86.3 Å². The van der Waals surface area contributed by atoms with Gasteiger partial charge in [-0.2, -0.15) is 0 Å². The van der Waals surface area contributed by atoms with Crippen molar-refractivity contribution in [3.05, 3.63) is 99.3 Å². The molecule has 144 valence electrons. The van der Waals surface area contributed by atoms with Gasteiger partial charge in [0.15, 0.2) is 0 Å². The summed E-state index contributed by atoms with van der Waals surface area (Å²) in [4.78, 5) is 27.8. The van der Waals surface area contributed by atoms with E-state index in [2.05, 4.69) is 0 Å². The SMILES string of the molecule is O=C1C(Sc2ccc(F)cc2)=C(Sc2ccc(F)cc2)C(=O)c2c(O)cccc21. The van der Waals surface area contributed by atoms with E-state index in [1.54, 1.807) is 0 Å². The third-order valence-electron chi connectivity index (χ3n) is 4.20. The minimum absolute atomic E-state index is 0.0504. The number of phenols is 1. The van der Waals surface area contributed by atoms with Gasteiger partial charge >= 0.3 is 0 Å². The molecule has 0 spiro atoms. The lowest BCUT2D eigenvalue weighted by molar-refractivity contribution is 0.0986. The van der Waals surface area contributed by atoms with E-state index in [1.807, 2.05) is 0 Å². The fraction of sp³-hybridized carbons (Fsp3) is 0. The van der Waals surface area contributed by atoms with E-state index in [9.17, 15) is 23.5 Å². The van der Waals surface area contributed by atoms with E-state index in [4.69, 9.17) is 0 Å². The molecule has 0 heterocycles. The van der Waals surface area contributed by atoms with Crippen molar-refractivity contribution in [1.29, 1.82) is 0 Å². The Morgan fingerprint density at radius 2 is 1.14 bits per heavy atom. The molecule has 0 radical (unpaired) electrons. The van der Waals surface area contributed by atoms with Crippen molar-refractivity contribution in [2.45, 2.75) is 9.79 Å². The van der Waals surface area contributed by atoms with E-state index >= 15 is 0 Å². The van der Waals surface area contributed by atoms with E-state index in [1.165, 1.54) is 66.7 Å². The second-order valence-electron chi connectivity index (χ2n) is 6.13. The average molecular weight is 426 g/mol. The van der Waals surface area contributed by atoms with Gasteiger partial charge < -0.3 is 5.11 Å². The first-order valence-electron chi connectivity index (χ1n) is 8.46. The Hall–Kier alpha value is -2.90. The van der Waals surface area contributed by atoms with Gasteiger partial charge in [-0.3, -0.25) is 9.59 Å². The zero-order chi connectivity index (χ0) is 20.5. The summed E-state index contributed by atoms with van der Waals surface area (Å²) < 4.78 is 26.5. The fourth-order valence-corrected chi connectivity index (χ4v) is 4.87. The quantitative estimate of drug-likeness (QED) is 0.568. The number of fused-ring (bicyclic) bond motifs is 1. The molecular weight excluding hydrogens is 414 g/mol. The van der Waals surface area contributed by atoms with Crippen LogP contribution in [0.3, 0.4) is 0 Å². The number of halogens is 2. The van der Waals surface area contributed by atoms with Crippen molar-refractivity contribution < 1.29 is 23.5 Å². The number of aromatic hydroxyl groups is 1. The van der Waals surface area contributed by atoms with Gasteiger partial charge in [-0.1, -0.05) is 29.6 Å². The van der Waals surface area contributed by atoms with Crippen molar-refractivity contribution >= 4 is 35.1 Å². The number of ketones is 2. The topological polar surface area (TPSA) is 54.4 Å². The molecule has 1 N–H and O–H groups in total. The van der Waals surface area contributed by atoms with E-state index in [-0.39, 0.29) is 26.7 Å². The Bertz CT molecular complexity index is 1150. The standard InChI is InChI=1S/C22H12F2O3S2/c23-12-4-8-14(9-5-12)28-21-19(26)16-2-1-3-17(25)18(16)20(27)22(21)29-15-10-6-13(24)7-11-15/h1-11,25H. The first kappa shape index (κ1) is 19.4. The minimum Gasteiger partial charge on any atom is -0.507 e. The van der Waals surface area contributed by atoms with E-state index < -0.39 is 23.2 Å². The number of Topliss-reactive ketones (excluding diaryl/α,β-unsaturated/α-hetero) is 2. The summed E-state index contributed by atoms with van der Waals surface area (Å²) in [6.45, 7) is 0. The molecule has 3 nitrogen and oxygen atoms in total. The number of carbonyl (C=O) groups is 2. The van der Waals surface area contributed by atoms with Crippen LogP contribution in [0.5, 0.6) is 5.75 Å². The van der Waals surface area contributed by atoms with Crippen molar-refractivity contribution in [3.63, 3.8) is 0 Å². The number of benzene rings is 3. The summed E-state index contributed by atoms with van der Waals surface area (Å²) in [7, 11) is 0. The summed E-state index contributed by atoms with van der Waals surface area (Å²) in [6.07, 6.45) is 0. The zero-order valence-electron chi connectivity index (χ0n) is 14.7. The number of hydrogen-bond donors (Lipinski definition) is 1. The number of allylic oxidation sites excluding steroid dienone is 2. The van der Waals surface area contributed by atoms with Crippen LogP contribution < -0.4 is 0 Å². The van der Waals surface area contributed by atoms with Gasteiger partial charge in [0.05, 0.1) is 15.4 Å². The van der Waals surface area contributed by atoms with Gasteiger partial charge in [0.25, 0.3) is 0 Å². The molecule has 0 aromatic heterocycles. The fourth-order valence-electron chi connectivity index (χ4n) is 2.84. The number of hydrogen-bond acceptors (Lipinski definition) is 5. The van der Waals surface area contributed by atoms with Crippen LogP contribution in [0.4, 0.5) is 8.78 Å². The molecule has 0 unspecified atom stereocenters. The molecule has 0 amide bonds. The van der Waals surface area contributed by atoms with Gasteiger partial charge in [-0.15, -0.1) is 0 Å². The van der Waals surface area contributed by atoms with Gasteiger partial charge in [-0.05, 0) is 60.7 Å². The first-order chi connectivity index (χ1) is 13.9. The van der Waals surface area contributed by atoms with E-state index in [0.29, 0.717) is 9.79 Å². The predicted molar refractivity (Wildman–Crippen MR) is 108 cm³/mol. The summed E-state index contributed by atoms with van der Waals surface area (Å²) >= 11 is 2.08. The van der Waals surface area contributed by atoms with Crippen molar-refractivity contribution in [2.75, 3.05) is 0 Å². The molecule has 0 bridgehead atoms. The van der Waals surface area contributed by atoms with Crippen molar-refractivity contribution in [1.82, 2.24) is 0 Å². The Labute approximate surface area is 173 Å². The Morgan fingerprint density at radius 3 is 1.66 bits per heavy atom. The van der Waals surface area contributed by atoms with E-state index in [0.717, 1.165) is 23.5 Å². The molecule has 0 saturated carbocycles. The lowest BCUT2D eigenvalue weighted by atomic mass is 9.93.